The lowest BCUT2D eigenvalue weighted by Crippen LogP contribution is -2.35. The zero-order chi connectivity index (χ0) is 20.2. The molecule has 2 aliphatic carbocycles. The third-order valence-electron chi connectivity index (χ3n) is 5.67. The molecule has 0 aromatic heterocycles. The van der Waals surface area contributed by atoms with Gasteiger partial charge in [0.1, 0.15) is 6.10 Å². The summed E-state index contributed by atoms with van der Waals surface area (Å²) in [5.41, 5.74) is -1.21. The molecule has 28 heavy (non-hydrogen) atoms. The van der Waals surface area contributed by atoms with E-state index in [0.717, 1.165) is 12.1 Å². The number of carbonyl (C=O) groups is 3. The number of fused-ring (bicyclic) bond motifs is 1. The number of hydrogen-bond acceptors (Lipinski definition) is 5. The Morgan fingerprint density at radius 2 is 2.04 bits per heavy atom. The van der Waals surface area contributed by atoms with Crippen LogP contribution in [0.2, 0.25) is 5.02 Å². The largest absolute Gasteiger partial charge is 0.462 e. The molecule has 0 radical (unpaired) electrons. The summed E-state index contributed by atoms with van der Waals surface area (Å²) in [6.07, 6.45) is -3.39. The van der Waals surface area contributed by atoms with Crippen LogP contribution in [-0.2, 0) is 30.0 Å². The highest BCUT2D eigenvalue weighted by molar-refractivity contribution is 6.33. The average Bonchev–Trinajstić information content (AvgIpc) is 3.22. The predicted molar refractivity (Wildman–Crippen MR) is 89.1 cm³/mol. The maximum absolute atomic E-state index is 12.8. The van der Waals surface area contributed by atoms with Crippen LogP contribution < -0.4 is 5.32 Å². The van der Waals surface area contributed by atoms with Crippen LogP contribution in [0.3, 0.4) is 0 Å². The average molecular weight is 418 g/mol. The Bertz CT molecular complexity index is 856. The van der Waals surface area contributed by atoms with E-state index in [-0.39, 0.29) is 28.6 Å². The highest BCUT2D eigenvalue weighted by Crippen LogP contribution is 2.57. The summed E-state index contributed by atoms with van der Waals surface area (Å²) in [4.78, 5) is 36.3. The molecule has 3 fully saturated rings. The Kier molecular flexibility index (Phi) is 4.52. The molecule has 5 atom stereocenters. The second-order valence-corrected chi connectivity index (χ2v) is 7.68. The normalized spacial score (nSPS) is 30.3. The lowest BCUT2D eigenvalue weighted by Gasteiger charge is -2.22. The summed E-state index contributed by atoms with van der Waals surface area (Å²) in [6, 6.07) is 2.51. The maximum atomic E-state index is 12.8. The Labute approximate surface area is 162 Å². The molecule has 1 heterocycles. The summed E-state index contributed by atoms with van der Waals surface area (Å²) >= 11 is 5.82. The zero-order valence-electron chi connectivity index (χ0n) is 14.3. The Morgan fingerprint density at radius 1 is 1.29 bits per heavy atom. The van der Waals surface area contributed by atoms with E-state index in [1.807, 2.05) is 0 Å². The van der Waals surface area contributed by atoms with Gasteiger partial charge in [0, 0.05) is 5.92 Å². The highest BCUT2D eigenvalue weighted by Gasteiger charge is 2.64. The Morgan fingerprint density at radius 3 is 2.75 bits per heavy atom. The van der Waals surface area contributed by atoms with Gasteiger partial charge in [0.2, 0.25) is 0 Å². The van der Waals surface area contributed by atoms with Gasteiger partial charge >= 0.3 is 18.1 Å². The van der Waals surface area contributed by atoms with Crippen molar-refractivity contribution < 1.29 is 37.0 Å². The third-order valence-corrected chi connectivity index (χ3v) is 6.00. The number of benzene rings is 1. The fourth-order valence-corrected chi connectivity index (χ4v) is 4.71. The van der Waals surface area contributed by atoms with E-state index >= 15 is 0 Å². The standard InChI is InChI=1S/C18H15ClF3NO5/c19-10-2-1-8(18(20,21)22)5-11(10)23-13(24)6-27-16(25)14-7-3-9-12(4-7)28-17(26)15(9)14/h1-2,5,7,9,12,14-15H,3-4,6H2,(H,23,24)/t7-,9+,12-,14-,15+/m1/s1. The lowest BCUT2D eigenvalue weighted by molar-refractivity contribution is -0.157. The van der Waals surface area contributed by atoms with Crippen LogP contribution in [0.15, 0.2) is 18.2 Å². The van der Waals surface area contributed by atoms with Crippen LogP contribution in [-0.4, -0.2) is 30.6 Å². The van der Waals surface area contributed by atoms with E-state index < -0.39 is 48.0 Å². The number of amides is 1. The lowest BCUT2D eigenvalue weighted by atomic mass is 9.80. The smallest absolute Gasteiger partial charge is 0.416 e. The highest BCUT2D eigenvalue weighted by atomic mass is 35.5. The van der Waals surface area contributed by atoms with Gasteiger partial charge in [-0.2, -0.15) is 13.2 Å². The van der Waals surface area contributed by atoms with E-state index in [2.05, 4.69) is 5.32 Å². The van der Waals surface area contributed by atoms with Crippen molar-refractivity contribution in [3.63, 3.8) is 0 Å². The van der Waals surface area contributed by atoms with Crippen LogP contribution in [0.1, 0.15) is 18.4 Å². The number of alkyl halides is 3. The molecule has 1 aromatic rings. The minimum atomic E-state index is -4.59. The van der Waals surface area contributed by atoms with Crippen molar-refractivity contribution in [1.82, 2.24) is 0 Å². The predicted octanol–water partition coefficient (Wildman–Crippen LogP) is 3.04. The molecule has 6 nitrogen and oxygen atoms in total. The minimum Gasteiger partial charge on any atom is -0.462 e. The minimum absolute atomic E-state index is 0.0140. The number of ether oxygens (including phenoxy) is 2. The van der Waals surface area contributed by atoms with Gasteiger partial charge in [-0.15, -0.1) is 0 Å². The third kappa shape index (κ3) is 3.21. The SMILES string of the molecule is O=C(COC(=O)[C@@H]1[C@@H]2C[C@@H]3[C@@H]1C(=O)O[C@@H]3C2)Nc1cc(C(F)(F)F)ccc1Cl. The molecule has 0 spiro atoms. The number of hydrogen-bond donors (Lipinski definition) is 1. The van der Waals surface area contributed by atoms with Crippen molar-refractivity contribution in [1.29, 1.82) is 0 Å². The molecule has 3 aliphatic rings. The number of carbonyl (C=O) groups excluding carboxylic acids is 3. The van der Waals surface area contributed by atoms with Gasteiger partial charge < -0.3 is 14.8 Å². The second-order valence-electron chi connectivity index (χ2n) is 7.27. The van der Waals surface area contributed by atoms with Gasteiger partial charge in [-0.25, -0.2) is 0 Å². The Hall–Kier alpha value is -2.29. The van der Waals surface area contributed by atoms with Crippen LogP contribution >= 0.6 is 11.6 Å². The van der Waals surface area contributed by atoms with E-state index in [9.17, 15) is 27.6 Å². The molecule has 1 N–H and O–H groups in total. The molecule has 1 aromatic carbocycles. The molecule has 150 valence electrons. The van der Waals surface area contributed by atoms with E-state index in [1.165, 1.54) is 0 Å². The van der Waals surface area contributed by atoms with Gasteiger partial charge in [-0.05, 0) is 37.0 Å². The summed E-state index contributed by atoms with van der Waals surface area (Å²) in [7, 11) is 0. The molecule has 2 bridgehead atoms. The first-order valence-corrected chi connectivity index (χ1v) is 9.06. The van der Waals surface area contributed by atoms with Crippen molar-refractivity contribution in [3.05, 3.63) is 28.8 Å². The van der Waals surface area contributed by atoms with E-state index in [1.54, 1.807) is 0 Å². The molecule has 1 amide bonds. The molecule has 10 heteroatoms. The first kappa shape index (κ1) is 19.0. The number of nitrogens with one attached hydrogen (secondary N) is 1. The first-order valence-electron chi connectivity index (χ1n) is 8.69. The zero-order valence-corrected chi connectivity index (χ0v) is 15.0. The fraction of sp³-hybridized carbons (Fsp3) is 0.500. The van der Waals surface area contributed by atoms with E-state index in [4.69, 9.17) is 21.1 Å². The first-order chi connectivity index (χ1) is 13.1. The number of rotatable bonds is 4. The molecule has 1 aliphatic heterocycles. The second kappa shape index (κ2) is 6.65. The van der Waals surface area contributed by atoms with Crippen molar-refractivity contribution in [2.24, 2.45) is 23.7 Å². The van der Waals surface area contributed by atoms with Crippen molar-refractivity contribution in [2.75, 3.05) is 11.9 Å². The fourth-order valence-electron chi connectivity index (χ4n) is 4.54. The summed E-state index contributed by atoms with van der Waals surface area (Å²) < 4.78 is 48.6. The summed E-state index contributed by atoms with van der Waals surface area (Å²) in [6.45, 7) is -0.690. The maximum Gasteiger partial charge on any atom is 0.416 e. The quantitative estimate of drug-likeness (QED) is 0.761. The van der Waals surface area contributed by atoms with Crippen LogP contribution in [0.4, 0.5) is 18.9 Å². The van der Waals surface area contributed by atoms with Crippen LogP contribution in [0.5, 0.6) is 0 Å². The van der Waals surface area contributed by atoms with E-state index in [0.29, 0.717) is 18.9 Å². The molecule has 2 saturated carbocycles. The number of anilines is 1. The number of esters is 2. The monoisotopic (exact) mass is 417 g/mol. The summed E-state index contributed by atoms with van der Waals surface area (Å²) in [5.74, 6) is -3.06. The molecule has 4 rings (SSSR count). The summed E-state index contributed by atoms with van der Waals surface area (Å²) in [5, 5.41) is 2.12. The van der Waals surface area contributed by atoms with Gasteiger partial charge in [0.25, 0.3) is 5.91 Å². The van der Waals surface area contributed by atoms with Gasteiger partial charge in [-0.3, -0.25) is 14.4 Å². The number of halogens is 4. The molecular weight excluding hydrogens is 403 g/mol. The molecule has 0 unspecified atom stereocenters. The van der Waals surface area contributed by atoms with Gasteiger partial charge in [0.15, 0.2) is 6.61 Å². The van der Waals surface area contributed by atoms with Crippen LogP contribution in [0.25, 0.3) is 0 Å². The van der Waals surface area contributed by atoms with Gasteiger partial charge in [0.05, 0.1) is 28.1 Å². The Balaban J connectivity index is 1.37. The van der Waals surface area contributed by atoms with Gasteiger partial charge in [-0.1, -0.05) is 11.6 Å². The molecular formula is C18H15ClF3NO5. The van der Waals surface area contributed by atoms with Crippen molar-refractivity contribution in [2.45, 2.75) is 25.1 Å². The van der Waals surface area contributed by atoms with Crippen molar-refractivity contribution >= 4 is 35.1 Å². The van der Waals surface area contributed by atoms with Crippen molar-refractivity contribution in [3.8, 4) is 0 Å². The molecule has 1 saturated heterocycles. The topological polar surface area (TPSA) is 81.7 Å². The van der Waals surface area contributed by atoms with Crippen LogP contribution in [0, 0.1) is 23.7 Å².